The third-order valence-electron chi connectivity index (χ3n) is 3.04. The summed E-state index contributed by atoms with van der Waals surface area (Å²) in [5.74, 6) is 1.79. The maximum absolute atomic E-state index is 4.49. The van der Waals surface area contributed by atoms with E-state index in [4.69, 9.17) is 0 Å². The molecule has 0 radical (unpaired) electrons. The van der Waals surface area contributed by atoms with E-state index in [0.717, 1.165) is 43.5 Å². The second-order valence-corrected chi connectivity index (χ2v) is 4.36. The second-order valence-electron chi connectivity index (χ2n) is 4.36. The van der Waals surface area contributed by atoms with Gasteiger partial charge in [-0.3, -0.25) is 0 Å². The number of hydrogen-bond donors (Lipinski definition) is 2. The van der Waals surface area contributed by atoms with E-state index in [0.29, 0.717) is 0 Å². The van der Waals surface area contributed by atoms with Crippen LogP contribution in [-0.2, 0) is 0 Å². The molecule has 3 rings (SSSR count). The van der Waals surface area contributed by atoms with Gasteiger partial charge in [-0.2, -0.15) is 0 Å². The number of anilines is 3. The van der Waals surface area contributed by atoms with E-state index in [2.05, 4.69) is 30.5 Å². The quantitative estimate of drug-likeness (QED) is 0.855. The standard InChI is InChI=1S/C13H16N6/c1-2-13(19-7-5-14-6-8-19)16-9-11(1)18-12-3-4-15-10-17-12/h1-4,9-10,14H,5-8H2,(H,15,17,18). The molecular weight excluding hydrogens is 240 g/mol. The number of nitrogens with one attached hydrogen (secondary N) is 2. The molecule has 2 aromatic heterocycles. The van der Waals surface area contributed by atoms with Crippen LogP contribution in [-0.4, -0.2) is 41.1 Å². The minimum absolute atomic E-state index is 0.770. The van der Waals surface area contributed by atoms with Crippen LogP contribution in [0.15, 0.2) is 36.9 Å². The third-order valence-corrected chi connectivity index (χ3v) is 3.04. The second kappa shape index (κ2) is 5.62. The Morgan fingerprint density at radius 1 is 1.11 bits per heavy atom. The van der Waals surface area contributed by atoms with E-state index < -0.39 is 0 Å². The van der Waals surface area contributed by atoms with Crippen LogP contribution in [0.2, 0.25) is 0 Å². The Hall–Kier alpha value is -2.21. The van der Waals surface area contributed by atoms with Crippen molar-refractivity contribution in [1.29, 1.82) is 0 Å². The lowest BCUT2D eigenvalue weighted by atomic mass is 10.3. The van der Waals surface area contributed by atoms with Crippen molar-refractivity contribution in [3.63, 3.8) is 0 Å². The normalized spacial score (nSPS) is 15.3. The molecule has 0 unspecified atom stereocenters. The van der Waals surface area contributed by atoms with Crippen molar-refractivity contribution in [1.82, 2.24) is 20.3 Å². The highest BCUT2D eigenvalue weighted by Crippen LogP contribution is 2.17. The van der Waals surface area contributed by atoms with Gasteiger partial charge >= 0.3 is 0 Å². The Balaban J connectivity index is 1.68. The Bertz CT molecular complexity index is 506. The molecule has 2 N–H and O–H groups in total. The van der Waals surface area contributed by atoms with Gasteiger partial charge in [0, 0.05) is 32.4 Å². The zero-order valence-corrected chi connectivity index (χ0v) is 10.6. The molecule has 0 saturated carbocycles. The lowest BCUT2D eigenvalue weighted by Crippen LogP contribution is -2.43. The molecule has 0 atom stereocenters. The summed E-state index contributed by atoms with van der Waals surface area (Å²) in [5.41, 5.74) is 0.928. The summed E-state index contributed by atoms with van der Waals surface area (Å²) in [7, 11) is 0. The fraction of sp³-hybridized carbons (Fsp3) is 0.308. The molecule has 0 spiro atoms. The molecule has 19 heavy (non-hydrogen) atoms. The smallest absolute Gasteiger partial charge is 0.133 e. The molecule has 0 amide bonds. The monoisotopic (exact) mass is 256 g/mol. The minimum Gasteiger partial charge on any atom is -0.354 e. The van der Waals surface area contributed by atoms with Gasteiger partial charge in [0.2, 0.25) is 0 Å². The fourth-order valence-electron chi connectivity index (χ4n) is 2.05. The van der Waals surface area contributed by atoms with Crippen LogP contribution in [0.5, 0.6) is 0 Å². The van der Waals surface area contributed by atoms with Crippen LogP contribution in [0.1, 0.15) is 0 Å². The van der Waals surface area contributed by atoms with Crippen LogP contribution in [0.4, 0.5) is 17.3 Å². The Labute approximate surface area is 111 Å². The van der Waals surface area contributed by atoms with Gasteiger partial charge in [-0.25, -0.2) is 15.0 Å². The highest BCUT2D eigenvalue weighted by atomic mass is 15.2. The van der Waals surface area contributed by atoms with Gasteiger partial charge in [0.25, 0.3) is 0 Å². The van der Waals surface area contributed by atoms with Gasteiger partial charge in [0.1, 0.15) is 18.0 Å². The average Bonchev–Trinajstić information content (AvgIpc) is 2.50. The number of pyridine rings is 1. The van der Waals surface area contributed by atoms with Gasteiger partial charge in [-0.05, 0) is 18.2 Å². The topological polar surface area (TPSA) is 66.0 Å². The Morgan fingerprint density at radius 3 is 2.68 bits per heavy atom. The predicted molar refractivity (Wildman–Crippen MR) is 74.6 cm³/mol. The zero-order valence-electron chi connectivity index (χ0n) is 10.6. The van der Waals surface area contributed by atoms with E-state index in [9.17, 15) is 0 Å². The lowest BCUT2D eigenvalue weighted by molar-refractivity contribution is 0.585. The van der Waals surface area contributed by atoms with Crippen LogP contribution >= 0.6 is 0 Å². The van der Waals surface area contributed by atoms with Crippen molar-refractivity contribution in [2.75, 3.05) is 36.4 Å². The van der Waals surface area contributed by atoms with Gasteiger partial charge in [0.15, 0.2) is 0 Å². The molecule has 0 bridgehead atoms. The van der Waals surface area contributed by atoms with Gasteiger partial charge in [-0.15, -0.1) is 0 Å². The molecule has 98 valence electrons. The van der Waals surface area contributed by atoms with Crippen LogP contribution in [0, 0.1) is 0 Å². The van der Waals surface area contributed by atoms with E-state index in [1.807, 2.05) is 24.4 Å². The maximum Gasteiger partial charge on any atom is 0.133 e. The van der Waals surface area contributed by atoms with E-state index >= 15 is 0 Å². The fourth-order valence-corrected chi connectivity index (χ4v) is 2.05. The highest BCUT2D eigenvalue weighted by Gasteiger charge is 2.11. The van der Waals surface area contributed by atoms with Crippen molar-refractivity contribution in [2.45, 2.75) is 0 Å². The van der Waals surface area contributed by atoms with E-state index in [1.54, 1.807) is 6.20 Å². The summed E-state index contributed by atoms with van der Waals surface area (Å²) < 4.78 is 0. The molecule has 0 aromatic carbocycles. The Kier molecular flexibility index (Phi) is 3.51. The molecule has 1 saturated heterocycles. The third kappa shape index (κ3) is 2.97. The van der Waals surface area contributed by atoms with Crippen LogP contribution < -0.4 is 15.5 Å². The average molecular weight is 256 g/mol. The van der Waals surface area contributed by atoms with Crippen molar-refractivity contribution in [3.8, 4) is 0 Å². The molecule has 6 nitrogen and oxygen atoms in total. The van der Waals surface area contributed by atoms with Crippen molar-refractivity contribution in [3.05, 3.63) is 36.9 Å². The summed E-state index contributed by atoms with van der Waals surface area (Å²) >= 11 is 0. The largest absolute Gasteiger partial charge is 0.354 e. The SMILES string of the molecule is c1cc(Nc2ccc(N3CCNCC3)nc2)ncn1. The molecular formula is C13H16N6. The highest BCUT2D eigenvalue weighted by molar-refractivity contribution is 5.56. The van der Waals surface area contributed by atoms with Gasteiger partial charge in [0.05, 0.1) is 11.9 Å². The van der Waals surface area contributed by atoms with E-state index in [1.165, 1.54) is 6.33 Å². The van der Waals surface area contributed by atoms with Crippen molar-refractivity contribution in [2.24, 2.45) is 0 Å². The van der Waals surface area contributed by atoms with Crippen molar-refractivity contribution >= 4 is 17.3 Å². The molecule has 1 aliphatic rings. The Morgan fingerprint density at radius 2 is 2.00 bits per heavy atom. The summed E-state index contributed by atoms with van der Waals surface area (Å²) in [6.45, 7) is 4.04. The molecule has 6 heteroatoms. The first-order chi connectivity index (χ1) is 9.42. The zero-order chi connectivity index (χ0) is 12.9. The summed E-state index contributed by atoms with van der Waals surface area (Å²) in [4.78, 5) is 14.8. The lowest BCUT2D eigenvalue weighted by Gasteiger charge is -2.28. The van der Waals surface area contributed by atoms with Gasteiger partial charge in [-0.1, -0.05) is 0 Å². The maximum atomic E-state index is 4.49. The predicted octanol–water partition coefficient (Wildman–Crippen LogP) is 1.02. The molecule has 2 aromatic rings. The number of hydrogen-bond acceptors (Lipinski definition) is 6. The molecule has 1 fully saturated rings. The number of rotatable bonds is 3. The van der Waals surface area contributed by atoms with Crippen molar-refractivity contribution < 1.29 is 0 Å². The summed E-state index contributed by atoms with van der Waals surface area (Å²) in [6.07, 6.45) is 5.06. The summed E-state index contributed by atoms with van der Waals surface area (Å²) in [5, 5.41) is 6.52. The molecule has 3 heterocycles. The number of aromatic nitrogens is 3. The summed E-state index contributed by atoms with van der Waals surface area (Å²) in [6, 6.07) is 5.88. The minimum atomic E-state index is 0.770. The molecule has 1 aliphatic heterocycles. The van der Waals surface area contributed by atoms with Crippen LogP contribution in [0.3, 0.4) is 0 Å². The number of piperazine rings is 1. The van der Waals surface area contributed by atoms with Gasteiger partial charge < -0.3 is 15.5 Å². The first-order valence-corrected chi connectivity index (χ1v) is 6.36. The first kappa shape index (κ1) is 11.9. The molecule has 0 aliphatic carbocycles. The van der Waals surface area contributed by atoms with Crippen LogP contribution in [0.25, 0.3) is 0 Å². The van der Waals surface area contributed by atoms with E-state index in [-0.39, 0.29) is 0 Å². The first-order valence-electron chi connectivity index (χ1n) is 6.36. The number of nitrogens with zero attached hydrogens (tertiary/aromatic N) is 4.